The van der Waals surface area contributed by atoms with E-state index in [-0.39, 0.29) is 20.0 Å². The van der Waals surface area contributed by atoms with Crippen molar-refractivity contribution < 1.29 is 24.9 Å². The minimum absolute atomic E-state index is 0. The molecule has 148 valence electrons. The van der Waals surface area contributed by atoms with E-state index in [1.165, 1.54) is 30.6 Å². The number of nitrogens with one attached hydrogen (secondary N) is 2. The first kappa shape index (κ1) is 20.4. The quantitative estimate of drug-likeness (QED) is 0.683. The SMILES string of the molecule is CC.Cc1ccc(Nc2c(C(=O)NS(C)(=O)=O)oc3ccncc23)c(F)c1.[HH].[HH]. The van der Waals surface area contributed by atoms with Gasteiger partial charge in [0.25, 0.3) is 0 Å². The zero-order chi connectivity index (χ0) is 20.2. The molecule has 0 spiro atoms. The predicted octanol–water partition coefficient (Wildman–Crippen LogP) is 4.23. The van der Waals surface area contributed by atoms with Crippen molar-refractivity contribution in [2.24, 2.45) is 0 Å². The number of amides is 1. The third kappa shape index (κ3) is 4.82. The number of hydrogen-bond acceptors (Lipinski definition) is 6. The number of aromatic nitrogens is 1. The fourth-order valence-electron chi connectivity index (χ4n) is 2.30. The molecule has 0 unspecified atom stereocenters. The fraction of sp³-hybridized carbons (Fsp3) is 0.222. The van der Waals surface area contributed by atoms with Gasteiger partial charge >= 0.3 is 5.91 Å². The summed E-state index contributed by atoms with van der Waals surface area (Å²) in [5, 5.41) is 3.21. The summed E-state index contributed by atoms with van der Waals surface area (Å²) in [5.74, 6) is -1.77. The van der Waals surface area contributed by atoms with Gasteiger partial charge in [-0.25, -0.2) is 17.5 Å². The molecule has 2 N–H and O–H groups in total. The molecule has 0 bridgehead atoms. The molecule has 2 aromatic heterocycles. The third-order valence-corrected chi connectivity index (χ3v) is 3.91. The van der Waals surface area contributed by atoms with E-state index in [4.69, 9.17) is 4.42 Å². The van der Waals surface area contributed by atoms with Gasteiger partial charge in [-0.3, -0.25) is 9.78 Å². The number of rotatable bonds is 4. The van der Waals surface area contributed by atoms with Gasteiger partial charge in [-0.2, -0.15) is 0 Å². The molecule has 27 heavy (non-hydrogen) atoms. The molecular weight excluding hydrogens is 373 g/mol. The largest absolute Gasteiger partial charge is 0.448 e. The topological polar surface area (TPSA) is 101 Å². The van der Waals surface area contributed by atoms with E-state index in [1.54, 1.807) is 13.0 Å². The number of furan rings is 1. The van der Waals surface area contributed by atoms with E-state index in [0.717, 1.165) is 11.8 Å². The molecule has 0 aliphatic carbocycles. The molecule has 0 aliphatic rings. The zero-order valence-electron chi connectivity index (χ0n) is 15.3. The Hall–Kier alpha value is -2.94. The minimum atomic E-state index is -3.79. The van der Waals surface area contributed by atoms with Gasteiger partial charge in [0.15, 0.2) is 0 Å². The maximum Gasteiger partial charge on any atom is 0.302 e. The summed E-state index contributed by atoms with van der Waals surface area (Å²) >= 11 is 0. The molecule has 0 fully saturated rings. The first-order valence-corrected chi connectivity index (χ1v) is 10.1. The predicted molar refractivity (Wildman–Crippen MR) is 106 cm³/mol. The number of fused-ring (bicyclic) bond motifs is 1. The van der Waals surface area contributed by atoms with Crippen LogP contribution in [0.25, 0.3) is 11.0 Å². The smallest absolute Gasteiger partial charge is 0.302 e. The van der Waals surface area contributed by atoms with Gasteiger partial charge in [-0.1, -0.05) is 19.9 Å². The van der Waals surface area contributed by atoms with Gasteiger partial charge in [0.1, 0.15) is 17.1 Å². The number of halogens is 1. The Labute approximate surface area is 159 Å². The van der Waals surface area contributed by atoms with Gasteiger partial charge < -0.3 is 9.73 Å². The highest BCUT2D eigenvalue weighted by Crippen LogP contribution is 2.33. The molecule has 1 aromatic carbocycles. The molecule has 0 atom stereocenters. The van der Waals surface area contributed by atoms with Crippen molar-refractivity contribution in [2.45, 2.75) is 20.8 Å². The van der Waals surface area contributed by atoms with Crippen molar-refractivity contribution in [3.63, 3.8) is 0 Å². The molecule has 3 aromatic rings. The fourth-order valence-corrected chi connectivity index (χ4v) is 2.73. The lowest BCUT2D eigenvalue weighted by molar-refractivity contribution is 0.0958. The molecule has 0 saturated carbocycles. The molecule has 0 aliphatic heterocycles. The van der Waals surface area contributed by atoms with Crippen LogP contribution < -0.4 is 10.0 Å². The second-order valence-corrected chi connectivity index (χ2v) is 7.24. The van der Waals surface area contributed by atoms with E-state index in [0.29, 0.717) is 11.0 Å². The Morgan fingerprint density at radius 2 is 1.96 bits per heavy atom. The van der Waals surface area contributed by atoms with Crippen molar-refractivity contribution in [2.75, 3.05) is 11.6 Å². The summed E-state index contributed by atoms with van der Waals surface area (Å²) in [6, 6.07) is 6.06. The third-order valence-electron chi connectivity index (χ3n) is 3.36. The molecule has 0 saturated heterocycles. The molecule has 0 radical (unpaired) electrons. The molecular formula is C18H24FN3O4S. The second kappa shape index (κ2) is 8.17. The van der Waals surface area contributed by atoms with Gasteiger partial charge in [-0.15, -0.1) is 0 Å². The number of aryl methyl sites for hydroxylation is 1. The van der Waals surface area contributed by atoms with Crippen LogP contribution in [-0.4, -0.2) is 25.6 Å². The van der Waals surface area contributed by atoms with Crippen molar-refractivity contribution in [3.05, 3.63) is 53.8 Å². The Bertz CT molecular complexity index is 1090. The zero-order valence-corrected chi connectivity index (χ0v) is 16.1. The maximum absolute atomic E-state index is 14.1. The molecule has 7 nitrogen and oxygen atoms in total. The summed E-state index contributed by atoms with van der Waals surface area (Å²) in [7, 11) is -3.79. The van der Waals surface area contributed by atoms with Crippen LogP contribution in [-0.2, 0) is 10.0 Å². The van der Waals surface area contributed by atoms with Crippen LogP contribution in [0.3, 0.4) is 0 Å². The maximum atomic E-state index is 14.1. The van der Waals surface area contributed by atoms with Crippen LogP contribution in [0.4, 0.5) is 15.8 Å². The molecule has 9 heteroatoms. The monoisotopic (exact) mass is 397 g/mol. The Morgan fingerprint density at radius 3 is 2.59 bits per heavy atom. The lowest BCUT2D eigenvalue weighted by atomic mass is 10.2. The Morgan fingerprint density at radius 1 is 1.26 bits per heavy atom. The number of anilines is 2. The number of hydrogen-bond donors (Lipinski definition) is 2. The number of benzene rings is 1. The van der Waals surface area contributed by atoms with Gasteiger partial charge in [-0.05, 0) is 30.7 Å². The summed E-state index contributed by atoms with van der Waals surface area (Å²) < 4.78 is 44.1. The highest BCUT2D eigenvalue weighted by molar-refractivity contribution is 7.89. The van der Waals surface area contributed by atoms with Crippen molar-refractivity contribution in [1.29, 1.82) is 0 Å². The lowest BCUT2D eigenvalue weighted by Crippen LogP contribution is -2.29. The van der Waals surface area contributed by atoms with E-state index in [9.17, 15) is 17.6 Å². The van der Waals surface area contributed by atoms with Crippen LogP contribution in [0.2, 0.25) is 0 Å². The van der Waals surface area contributed by atoms with E-state index in [1.807, 2.05) is 18.6 Å². The van der Waals surface area contributed by atoms with E-state index in [2.05, 4.69) is 10.3 Å². The summed E-state index contributed by atoms with van der Waals surface area (Å²) in [6.45, 7) is 5.75. The van der Waals surface area contributed by atoms with Crippen LogP contribution >= 0.6 is 0 Å². The standard InChI is InChI=1S/C16H14FN3O4S.C2H6.2H2/c1-9-3-4-12(11(17)7-9)19-14-10-8-18-6-5-13(10)24-15(14)16(21)20-25(2,22)23;1-2;;/h3-8,19H,1-2H3,(H,20,21);1-2H3;2*1H. The van der Waals surface area contributed by atoms with Crippen LogP contribution in [0.15, 0.2) is 41.1 Å². The Kier molecular flexibility index (Phi) is 6.17. The second-order valence-electron chi connectivity index (χ2n) is 5.49. The van der Waals surface area contributed by atoms with Crippen LogP contribution in [0, 0.1) is 12.7 Å². The number of sulfonamides is 1. The summed E-state index contributed by atoms with van der Waals surface area (Å²) in [5.41, 5.74) is 1.29. The summed E-state index contributed by atoms with van der Waals surface area (Å²) in [4.78, 5) is 16.2. The number of nitrogens with zero attached hydrogens (tertiary/aromatic N) is 1. The highest BCUT2D eigenvalue weighted by Gasteiger charge is 2.24. The molecule has 2 heterocycles. The summed E-state index contributed by atoms with van der Waals surface area (Å²) in [6.07, 6.45) is 3.74. The van der Waals surface area contributed by atoms with Crippen molar-refractivity contribution >= 4 is 38.3 Å². The molecule has 1 amide bonds. The number of carbonyl (C=O) groups is 1. The minimum Gasteiger partial charge on any atom is -0.448 e. The van der Waals surface area contributed by atoms with Crippen molar-refractivity contribution in [3.8, 4) is 0 Å². The van der Waals surface area contributed by atoms with E-state index < -0.39 is 21.7 Å². The lowest BCUT2D eigenvalue weighted by Gasteiger charge is -2.09. The average molecular weight is 397 g/mol. The first-order valence-electron chi connectivity index (χ1n) is 8.16. The Balaban J connectivity index is 0.00000190. The van der Waals surface area contributed by atoms with Crippen LogP contribution in [0.1, 0.15) is 32.8 Å². The molecule has 3 rings (SSSR count). The highest BCUT2D eigenvalue weighted by atomic mass is 32.2. The van der Waals surface area contributed by atoms with Crippen LogP contribution in [0.5, 0.6) is 0 Å². The number of carbonyl (C=O) groups excluding carboxylic acids is 1. The van der Waals surface area contributed by atoms with Crippen molar-refractivity contribution in [1.82, 2.24) is 9.71 Å². The first-order chi connectivity index (χ1) is 12.7. The normalized spacial score (nSPS) is 10.9. The van der Waals surface area contributed by atoms with Gasteiger partial charge in [0.05, 0.1) is 17.3 Å². The van der Waals surface area contributed by atoms with Gasteiger partial charge in [0, 0.05) is 15.2 Å². The van der Waals surface area contributed by atoms with E-state index >= 15 is 0 Å². The van der Waals surface area contributed by atoms with Gasteiger partial charge in [0.2, 0.25) is 15.8 Å². The average Bonchev–Trinajstić information content (AvgIpc) is 2.96. The number of pyridine rings is 1.